The Hall–Kier alpha value is -2.51. The number of fused-ring (bicyclic) bond motifs is 2. The Labute approximate surface area is 167 Å². The maximum absolute atomic E-state index is 13.0. The maximum atomic E-state index is 13.0. The highest BCUT2D eigenvalue weighted by Gasteiger charge is 2.41. The Morgan fingerprint density at radius 3 is 2.46 bits per heavy atom. The summed E-state index contributed by atoms with van der Waals surface area (Å²) in [7, 11) is 0. The third kappa shape index (κ3) is 2.95. The first-order valence-corrected chi connectivity index (χ1v) is 10.2. The van der Waals surface area contributed by atoms with E-state index in [0.717, 1.165) is 21.0 Å². The second kappa shape index (κ2) is 7.14. The number of carbonyl (C=O) groups excluding carboxylic acids is 3. The van der Waals surface area contributed by atoms with Gasteiger partial charge in [0.25, 0.3) is 11.8 Å². The Balaban J connectivity index is 1.68. The molecule has 0 spiro atoms. The van der Waals surface area contributed by atoms with Gasteiger partial charge in [-0.15, -0.1) is 11.3 Å². The van der Waals surface area contributed by atoms with E-state index >= 15 is 0 Å². The fraction of sp³-hybridized carbons (Fsp3) is 0.381. The predicted molar refractivity (Wildman–Crippen MR) is 107 cm³/mol. The first-order valence-electron chi connectivity index (χ1n) is 9.40. The van der Waals surface area contributed by atoms with Crippen molar-refractivity contribution in [3.63, 3.8) is 0 Å². The highest BCUT2D eigenvalue weighted by atomic mass is 32.1. The van der Waals surface area contributed by atoms with Crippen LogP contribution in [-0.4, -0.2) is 42.4 Å². The van der Waals surface area contributed by atoms with E-state index < -0.39 is 0 Å². The topological polar surface area (TPSA) is 66.9 Å². The summed E-state index contributed by atoms with van der Waals surface area (Å²) in [6, 6.07) is 6.96. The first-order chi connectivity index (χ1) is 13.4. The van der Waals surface area contributed by atoms with Crippen molar-refractivity contribution in [2.45, 2.75) is 33.2 Å². The van der Waals surface area contributed by atoms with Crippen LogP contribution in [0.1, 0.15) is 55.8 Å². The fourth-order valence-corrected chi connectivity index (χ4v) is 5.48. The molecule has 28 heavy (non-hydrogen) atoms. The van der Waals surface area contributed by atoms with Crippen molar-refractivity contribution in [1.29, 1.82) is 0 Å². The smallest absolute Gasteiger partial charge is 0.320 e. The second-order valence-corrected chi connectivity index (χ2v) is 8.52. The van der Waals surface area contributed by atoms with Gasteiger partial charge < -0.3 is 4.74 Å². The zero-order valence-corrected chi connectivity index (χ0v) is 17.0. The number of rotatable bonds is 4. The minimum absolute atomic E-state index is 0.0995. The molecule has 2 amide bonds. The van der Waals surface area contributed by atoms with Crippen molar-refractivity contribution in [3.8, 4) is 0 Å². The van der Waals surface area contributed by atoms with Gasteiger partial charge in [-0.05, 0) is 37.5 Å². The number of hydrogen-bond acceptors (Lipinski definition) is 6. The average Bonchev–Trinajstić information content (AvgIpc) is 3.10. The van der Waals surface area contributed by atoms with Crippen molar-refractivity contribution in [2.75, 3.05) is 24.6 Å². The monoisotopic (exact) mass is 398 g/mol. The molecule has 0 fully saturated rings. The van der Waals surface area contributed by atoms with Crippen molar-refractivity contribution in [1.82, 2.24) is 4.90 Å². The van der Waals surface area contributed by atoms with E-state index in [2.05, 4.69) is 11.8 Å². The van der Waals surface area contributed by atoms with Crippen molar-refractivity contribution in [2.24, 2.45) is 0 Å². The zero-order chi connectivity index (χ0) is 20.0. The van der Waals surface area contributed by atoms with Crippen LogP contribution in [0, 0.1) is 6.92 Å². The molecular formula is C21H22N2O4S. The number of amides is 2. The molecule has 7 heteroatoms. The van der Waals surface area contributed by atoms with Gasteiger partial charge in [0.15, 0.2) is 0 Å². The van der Waals surface area contributed by atoms with Gasteiger partial charge in [0.2, 0.25) is 0 Å². The standard InChI is InChI=1S/C21H22N2O4S/c1-4-27-17(24)11-22-9-12(2)18-16(10-22)28-13(3)19(18)23-20(25)14-7-5-6-8-15(14)21(23)26/h5-8,12H,4,9-11H2,1-3H3. The molecule has 1 unspecified atom stereocenters. The number of nitrogens with zero attached hydrogens (tertiary/aromatic N) is 2. The summed E-state index contributed by atoms with van der Waals surface area (Å²) in [5.74, 6) is -0.648. The van der Waals surface area contributed by atoms with Crippen LogP contribution in [0.2, 0.25) is 0 Å². The third-order valence-corrected chi connectivity index (χ3v) is 6.33. The normalized spacial score (nSPS) is 19.0. The number of hydrogen-bond donors (Lipinski definition) is 0. The number of esters is 1. The molecule has 146 valence electrons. The summed E-state index contributed by atoms with van der Waals surface area (Å²) in [6.45, 7) is 7.73. The molecule has 0 saturated carbocycles. The molecule has 1 atom stereocenters. The molecule has 3 heterocycles. The van der Waals surface area contributed by atoms with E-state index in [1.165, 1.54) is 4.90 Å². The molecule has 2 aliphatic heterocycles. The molecule has 1 aromatic carbocycles. The molecule has 0 aliphatic carbocycles. The molecule has 0 saturated heterocycles. The van der Waals surface area contributed by atoms with Crippen LogP contribution in [0.15, 0.2) is 24.3 Å². The van der Waals surface area contributed by atoms with Crippen LogP contribution in [0.4, 0.5) is 5.69 Å². The molecular weight excluding hydrogens is 376 g/mol. The summed E-state index contributed by atoms with van der Waals surface area (Å²) >= 11 is 1.59. The van der Waals surface area contributed by atoms with E-state index in [-0.39, 0.29) is 30.2 Å². The molecule has 0 N–H and O–H groups in total. The lowest BCUT2D eigenvalue weighted by Gasteiger charge is -2.31. The Morgan fingerprint density at radius 1 is 1.21 bits per heavy atom. The molecule has 2 aliphatic rings. The minimum Gasteiger partial charge on any atom is -0.465 e. The van der Waals surface area contributed by atoms with Gasteiger partial charge in [-0.2, -0.15) is 0 Å². The van der Waals surface area contributed by atoms with Crippen molar-refractivity contribution in [3.05, 3.63) is 50.7 Å². The SMILES string of the molecule is CCOC(=O)CN1Cc2sc(C)c(N3C(=O)c4ccccc4C3=O)c2C(C)C1. The van der Waals surface area contributed by atoms with Gasteiger partial charge in [0.1, 0.15) is 0 Å². The highest BCUT2D eigenvalue weighted by molar-refractivity contribution is 7.12. The zero-order valence-electron chi connectivity index (χ0n) is 16.2. The summed E-state index contributed by atoms with van der Waals surface area (Å²) in [6.07, 6.45) is 0. The van der Waals surface area contributed by atoms with Crippen LogP contribution in [-0.2, 0) is 16.1 Å². The van der Waals surface area contributed by atoms with Gasteiger partial charge in [-0.25, -0.2) is 4.90 Å². The van der Waals surface area contributed by atoms with Crippen LogP contribution < -0.4 is 4.90 Å². The molecule has 4 rings (SSSR count). The number of benzene rings is 1. The van der Waals surface area contributed by atoms with Crippen LogP contribution in [0.25, 0.3) is 0 Å². The maximum Gasteiger partial charge on any atom is 0.320 e. The van der Waals surface area contributed by atoms with E-state index in [1.54, 1.807) is 42.5 Å². The van der Waals surface area contributed by atoms with Crippen LogP contribution >= 0.6 is 11.3 Å². The number of imide groups is 1. The number of ether oxygens (including phenoxy) is 1. The van der Waals surface area contributed by atoms with E-state index in [9.17, 15) is 14.4 Å². The quantitative estimate of drug-likeness (QED) is 0.584. The van der Waals surface area contributed by atoms with Crippen molar-refractivity contribution >= 4 is 34.8 Å². The highest BCUT2D eigenvalue weighted by Crippen LogP contribution is 2.45. The first kappa shape index (κ1) is 18.8. The lowest BCUT2D eigenvalue weighted by molar-refractivity contribution is -0.144. The number of aryl methyl sites for hydroxylation is 1. The largest absolute Gasteiger partial charge is 0.465 e. The summed E-state index contributed by atoms with van der Waals surface area (Å²) in [4.78, 5) is 43.3. The van der Waals surface area contributed by atoms with Gasteiger partial charge in [-0.1, -0.05) is 19.1 Å². The van der Waals surface area contributed by atoms with Gasteiger partial charge in [0, 0.05) is 22.8 Å². The van der Waals surface area contributed by atoms with Gasteiger partial charge >= 0.3 is 5.97 Å². The summed E-state index contributed by atoms with van der Waals surface area (Å²) in [5.41, 5.74) is 2.70. The van der Waals surface area contributed by atoms with E-state index in [4.69, 9.17) is 4.74 Å². The van der Waals surface area contributed by atoms with E-state index in [0.29, 0.717) is 30.8 Å². The minimum atomic E-state index is -0.259. The lowest BCUT2D eigenvalue weighted by Crippen LogP contribution is -2.38. The van der Waals surface area contributed by atoms with Gasteiger partial charge in [-0.3, -0.25) is 19.3 Å². The van der Waals surface area contributed by atoms with E-state index in [1.807, 2.05) is 6.92 Å². The van der Waals surface area contributed by atoms with Crippen molar-refractivity contribution < 1.29 is 19.1 Å². The molecule has 2 aromatic rings. The Kier molecular flexibility index (Phi) is 4.81. The number of carbonyl (C=O) groups is 3. The second-order valence-electron chi connectivity index (χ2n) is 7.21. The van der Waals surface area contributed by atoms with Gasteiger partial charge in [0.05, 0.1) is 30.0 Å². The summed E-state index contributed by atoms with van der Waals surface area (Å²) < 4.78 is 5.07. The average molecular weight is 398 g/mol. The number of anilines is 1. The van der Waals surface area contributed by atoms with Crippen LogP contribution in [0.5, 0.6) is 0 Å². The Bertz CT molecular complexity index is 946. The lowest BCUT2D eigenvalue weighted by atomic mass is 9.94. The number of thiophene rings is 1. The predicted octanol–water partition coefficient (Wildman–Crippen LogP) is 3.34. The van der Waals surface area contributed by atoms with Crippen LogP contribution in [0.3, 0.4) is 0 Å². The molecule has 1 aromatic heterocycles. The summed E-state index contributed by atoms with van der Waals surface area (Å²) in [5, 5.41) is 0. The molecule has 6 nitrogen and oxygen atoms in total. The molecule has 0 radical (unpaired) electrons. The Morgan fingerprint density at radius 2 is 1.86 bits per heavy atom. The fourth-order valence-electron chi connectivity index (χ4n) is 4.16. The molecule has 0 bridgehead atoms. The third-order valence-electron chi connectivity index (χ3n) is 5.23.